The molecule has 0 aliphatic heterocycles. The highest BCUT2D eigenvalue weighted by molar-refractivity contribution is 5.77. The minimum atomic E-state index is -0.842. The summed E-state index contributed by atoms with van der Waals surface area (Å²) in [5.74, 6) is -0.385. The summed E-state index contributed by atoms with van der Waals surface area (Å²) in [4.78, 5) is 13.4. The van der Waals surface area contributed by atoms with E-state index < -0.39 is 11.4 Å². The molecule has 2 saturated carbocycles. The van der Waals surface area contributed by atoms with Crippen LogP contribution in [0.5, 0.6) is 0 Å². The summed E-state index contributed by atoms with van der Waals surface area (Å²) < 4.78 is 15.9. The molecule has 1 N–H and O–H groups in total. The molecule has 0 heterocycles. The van der Waals surface area contributed by atoms with E-state index in [9.17, 15) is 9.90 Å². The Morgan fingerprint density at radius 2 is 1.58 bits per heavy atom. The summed E-state index contributed by atoms with van der Waals surface area (Å²) in [5, 5.41) is 11.0. The van der Waals surface area contributed by atoms with E-state index in [1.54, 1.807) is 6.07 Å². The van der Waals surface area contributed by atoms with Crippen LogP contribution in [-0.4, -0.2) is 11.1 Å². The molecule has 2 nitrogen and oxygen atoms in total. The number of aliphatic carboxylic acids is 1. The van der Waals surface area contributed by atoms with Crippen molar-refractivity contribution in [2.45, 2.75) is 148 Å². The van der Waals surface area contributed by atoms with Gasteiger partial charge in [-0.15, -0.1) is 0 Å². The smallest absolute Gasteiger partial charge is 0.310 e. The van der Waals surface area contributed by atoms with Crippen LogP contribution in [0.15, 0.2) is 18.2 Å². The molecule has 2 aliphatic rings. The Hall–Kier alpha value is -1.38. The highest BCUT2D eigenvalue weighted by Crippen LogP contribution is 2.55. The van der Waals surface area contributed by atoms with Gasteiger partial charge in [-0.05, 0) is 67.6 Å². The standard InChI is InChI=1S/C33H53FO2/c1-3-5-10-16-26-18-14-15-23-33(32(35)36,28-19-12-8-7-9-13-20-28)30(24-26)29-22-21-27(25-31(29)34)17-11-6-4-2/h21-22,25-26,28,30H,3-20,23-24H2,1-2H3,(H,35,36). The van der Waals surface area contributed by atoms with E-state index in [4.69, 9.17) is 0 Å². The van der Waals surface area contributed by atoms with Crippen molar-refractivity contribution in [3.63, 3.8) is 0 Å². The SMILES string of the molecule is CCCCCc1ccc(C2CC(CCCCC)CCCCC2(C(=O)O)C2CCCCCCC2)c(F)c1. The summed E-state index contributed by atoms with van der Waals surface area (Å²) in [6, 6.07) is 5.83. The zero-order chi connectivity index (χ0) is 25.8. The van der Waals surface area contributed by atoms with Crippen molar-refractivity contribution in [1.29, 1.82) is 0 Å². The van der Waals surface area contributed by atoms with Gasteiger partial charge < -0.3 is 5.11 Å². The predicted octanol–water partition coefficient (Wildman–Crippen LogP) is 10.2. The van der Waals surface area contributed by atoms with Crippen LogP contribution >= 0.6 is 0 Å². The third kappa shape index (κ3) is 7.57. The maximum atomic E-state index is 15.9. The number of hydrogen-bond acceptors (Lipinski definition) is 1. The molecule has 3 rings (SSSR count). The van der Waals surface area contributed by atoms with Gasteiger partial charge in [-0.25, -0.2) is 4.39 Å². The lowest BCUT2D eigenvalue weighted by molar-refractivity contribution is -0.157. The van der Waals surface area contributed by atoms with Crippen LogP contribution in [0.2, 0.25) is 0 Å². The number of hydrogen-bond donors (Lipinski definition) is 1. The Bertz CT molecular complexity index is 782. The molecule has 0 aromatic heterocycles. The Balaban J connectivity index is 2.01. The van der Waals surface area contributed by atoms with Gasteiger partial charge in [0.2, 0.25) is 0 Å². The van der Waals surface area contributed by atoms with E-state index in [1.807, 2.05) is 6.07 Å². The first-order valence-corrected chi connectivity index (χ1v) is 15.5. The highest BCUT2D eigenvalue weighted by atomic mass is 19.1. The second-order valence-corrected chi connectivity index (χ2v) is 12.1. The van der Waals surface area contributed by atoms with Crippen molar-refractivity contribution >= 4 is 5.97 Å². The molecule has 3 unspecified atom stereocenters. The van der Waals surface area contributed by atoms with Gasteiger partial charge in [0.05, 0.1) is 5.41 Å². The third-order valence-electron chi connectivity index (χ3n) is 9.60. The van der Waals surface area contributed by atoms with Crippen molar-refractivity contribution < 1.29 is 14.3 Å². The first-order chi connectivity index (χ1) is 17.5. The van der Waals surface area contributed by atoms with Crippen LogP contribution in [0, 0.1) is 23.1 Å². The zero-order valence-corrected chi connectivity index (χ0v) is 23.3. The van der Waals surface area contributed by atoms with Gasteiger partial charge in [0.1, 0.15) is 5.82 Å². The number of benzene rings is 1. The van der Waals surface area contributed by atoms with E-state index in [0.29, 0.717) is 17.9 Å². The quantitative estimate of drug-likeness (QED) is 0.307. The number of rotatable bonds is 11. The highest BCUT2D eigenvalue weighted by Gasteiger charge is 2.52. The van der Waals surface area contributed by atoms with Gasteiger partial charge in [0.25, 0.3) is 0 Å². The Morgan fingerprint density at radius 3 is 2.25 bits per heavy atom. The maximum Gasteiger partial charge on any atom is 0.310 e. The molecule has 3 heteroatoms. The van der Waals surface area contributed by atoms with Crippen LogP contribution in [-0.2, 0) is 11.2 Å². The van der Waals surface area contributed by atoms with Crippen molar-refractivity contribution in [2.75, 3.05) is 0 Å². The topological polar surface area (TPSA) is 37.3 Å². The molecular weight excluding hydrogens is 447 g/mol. The Kier molecular flexibility index (Phi) is 12.3. The number of unbranched alkanes of at least 4 members (excludes halogenated alkanes) is 4. The van der Waals surface area contributed by atoms with E-state index in [0.717, 1.165) is 89.0 Å². The van der Waals surface area contributed by atoms with Gasteiger partial charge in [-0.1, -0.05) is 116 Å². The first kappa shape index (κ1) is 29.2. The second kappa shape index (κ2) is 15.1. The average Bonchev–Trinajstić information content (AvgIpc) is 2.82. The molecule has 0 radical (unpaired) electrons. The molecule has 1 aromatic rings. The van der Waals surface area contributed by atoms with Crippen molar-refractivity contribution in [3.8, 4) is 0 Å². The minimum Gasteiger partial charge on any atom is -0.481 e. The number of halogens is 1. The summed E-state index contributed by atoms with van der Waals surface area (Å²) in [5.41, 5.74) is 0.911. The monoisotopic (exact) mass is 500 g/mol. The fourth-order valence-corrected chi connectivity index (χ4v) is 7.51. The summed E-state index contributed by atoms with van der Waals surface area (Å²) >= 11 is 0. The van der Waals surface area contributed by atoms with Crippen molar-refractivity contribution in [1.82, 2.24) is 0 Å². The summed E-state index contributed by atoms with van der Waals surface area (Å²) in [6.45, 7) is 4.43. The van der Waals surface area contributed by atoms with Crippen LogP contribution in [0.1, 0.15) is 153 Å². The molecular formula is C33H53FO2. The lowest BCUT2D eigenvalue weighted by atomic mass is 9.56. The van der Waals surface area contributed by atoms with Gasteiger partial charge in [0, 0.05) is 5.92 Å². The lowest BCUT2D eigenvalue weighted by Gasteiger charge is -2.47. The minimum absolute atomic E-state index is 0.151. The molecule has 0 saturated heterocycles. The van der Waals surface area contributed by atoms with Gasteiger partial charge in [0.15, 0.2) is 0 Å². The Labute approximate surface area is 220 Å². The number of carboxylic acids is 1. The molecule has 2 fully saturated rings. The first-order valence-electron chi connectivity index (χ1n) is 15.5. The van der Waals surface area contributed by atoms with Crippen LogP contribution in [0.25, 0.3) is 0 Å². The largest absolute Gasteiger partial charge is 0.481 e. The third-order valence-corrected chi connectivity index (χ3v) is 9.60. The van der Waals surface area contributed by atoms with Crippen molar-refractivity contribution in [3.05, 3.63) is 35.1 Å². The van der Waals surface area contributed by atoms with E-state index in [1.165, 1.54) is 38.5 Å². The van der Waals surface area contributed by atoms with Gasteiger partial charge in [-0.2, -0.15) is 0 Å². The maximum absolute atomic E-state index is 15.9. The van der Waals surface area contributed by atoms with Gasteiger partial charge in [-0.3, -0.25) is 4.79 Å². The van der Waals surface area contributed by atoms with E-state index >= 15 is 4.39 Å². The molecule has 0 spiro atoms. The number of carbonyl (C=O) groups is 1. The molecule has 1 aromatic carbocycles. The van der Waals surface area contributed by atoms with E-state index in [2.05, 4.69) is 19.9 Å². The molecule has 204 valence electrons. The molecule has 36 heavy (non-hydrogen) atoms. The second-order valence-electron chi connectivity index (χ2n) is 12.1. The zero-order valence-electron chi connectivity index (χ0n) is 23.3. The molecule has 3 atom stereocenters. The molecule has 0 amide bonds. The van der Waals surface area contributed by atoms with Crippen LogP contribution in [0.3, 0.4) is 0 Å². The fraction of sp³-hybridized carbons (Fsp3) is 0.788. The molecule has 0 bridgehead atoms. The number of aryl methyl sites for hydroxylation is 1. The average molecular weight is 501 g/mol. The lowest BCUT2D eigenvalue weighted by Crippen LogP contribution is -2.46. The Morgan fingerprint density at radius 1 is 0.917 bits per heavy atom. The van der Waals surface area contributed by atoms with Crippen molar-refractivity contribution in [2.24, 2.45) is 17.3 Å². The molecule has 2 aliphatic carbocycles. The number of carboxylic acid groups (broad SMARTS) is 1. The van der Waals surface area contributed by atoms with Crippen LogP contribution < -0.4 is 0 Å². The summed E-state index contributed by atoms with van der Waals surface area (Å²) in [7, 11) is 0. The van der Waals surface area contributed by atoms with Gasteiger partial charge >= 0.3 is 5.97 Å². The predicted molar refractivity (Wildman–Crippen MR) is 149 cm³/mol. The summed E-state index contributed by atoms with van der Waals surface area (Å²) in [6.07, 6.45) is 21.8. The van der Waals surface area contributed by atoms with Crippen LogP contribution in [0.4, 0.5) is 4.39 Å². The fourth-order valence-electron chi connectivity index (χ4n) is 7.51. The van der Waals surface area contributed by atoms with E-state index in [-0.39, 0.29) is 17.7 Å². The normalized spacial score (nSPS) is 26.5.